The van der Waals surface area contributed by atoms with Gasteiger partial charge in [-0.25, -0.2) is 0 Å². The lowest BCUT2D eigenvalue weighted by Gasteiger charge is -2.32. The minimum absolute atomic E-state index is 0.0642. The molecule has 1 aliphatic carbocycles. The normalized spacial score (nSPS) is 24.3. The number of carbonyl (C=O) groups excluding carboxylic acids is 6. The van der Waals surface area contributed by atoms with Crippen molar-refractivity contribution >= 4 is 35.5 Å². The van der Waals surface area contributed by atoms with Crippen molar-refractivity contribution in [2.45, 2.75) is 135 Å². The molecule has 2 fully saturated rings. The zero-order valence-electron chi connectivity index (χ0n) is 27.3. The second-order valence-corrected chi connectivity index (χ2v) is 12.4. The highest BCUT2D eigenvalue weighted by Gasteiger charge is 2.35. The van der Waals surface area contributed by atoms with Crippen LogP contribution in [0.25, 0.3) is 0 Å². The molecule has 2 rings (SSSR count). The number of carbonyl (C=O) groups is 6. The maximum absolute atomic E-state index is 13.8. The van der Waals surface area contributed by atoms with Crippen LogP contribution in [0.5, 0.6) is 0 Å². The van der Waals surface area contributed by atoms with Gasteiger partial charge in [0.2, 0.25) is 23.6 Å². The van der Waals surface area contributed by atoms with Crippen molar-refractivity contribution in [2.75, 3.05) is 19.7 Å². The Morgan fingerprint density at radius 3 is 2.31 bits per heavy atom. The summed E-state index contributed by atoms with van der Waals surface area (Å²) in [7, 11) is 0. The number of amides is 5. The first-order valence-corrected chi connectivity index (χ1v) is 16.9. The summed E-state index contributed by atoms with van der Waals surface area (Å²) in [6.45, 7) is 5.69. The van der Waals surface area contributed by atoms with Gasteiger partial charge in [0.1, 0.15) is 18.6 Å². The lowest BCUT2D eigenvalue weighted by Crippen LogP contribution is -2.59. The highest BCUT2D eigenvalue weighted by atomic mass is 16.5. The molecule has 13 nitrogen and oxygen atoms in total. The smallest absolute Gasteiger partial charge is 0.325 e. The minimum atomic E-state index is -1.64. The molecule has 1 saturated carbocycles. The van der Waals surface area contributed by atoms with Crippen molar-refractivity contribution in [3.63, 3.8) is 0 Å². The van der Waals surface area contributed by atoms with Crippen molar-refractivity contribution in [3.8, 4) is 0 Å². The summed E-state index contributed by atoms with van der Waals surface area (Å²) < 4.78 is 4.95. The molecule has 2 unspecified atom stereocenters. The van der Waals surface area contributed by atoms with E-state index in [1.54, 1.807) is 6.92 Å². The average Bonchev–Trinajstić information content (AvgIpc) is 3.03. The summed E-state index contributed by atoms with van der Waals surface area (Å²) in [6.07, 6.45) is 7.08. The van der Waals surface area contributed by atoms with Crippen LogP contribution in [0.4, 0.5) is 0 Å². The Morgan fingerprint density at radius 2 is 1.62 bits per heavy atom. The van der Waals surface area contributed by atoms with Crippen LogP contribution in [-0.4, -0.2) is 84.5 Å². The van der Waals surface area contributed by atoms with Crippen LogP contribution in [0.3, 0.4) is 0 Å². The third-order valence-corrected chi connectivity index (χ3v) is 8.52. The highest BCUT2D eigenvalue weighted by Crippen LogP contribution is 2.27. The van der Waals surface area contributed by atoms with Crippen molar-refractivity contribution in [2.24, 2.45) is 11.8 Å². The molecule has 1 aliphatic heterocycles. The predicted molar refractivity (Wildman–Crippen MR) is 167 cm³/mol. The number of rotatable bonds is 11. The molecule has 13 heteroatoms. The fraction of sp³-hybridized carbons (Fsp3) is 0.812. The maximum atomic E-state index is 13.8. The first-order chi connectivity index (χ1) is 21.6. The Balaban J connectivity index is 2.21. The van der Waals surface area contributed by atoms with E-state index in [-0.39, 0.29) is 43.1 Å². The summed E-state index contributed by atoms with van der Waals surface area (Å²) in [5.41, 5.74) is 0. The Bertz CT molecular complexity index is 987. The number of aliphatic hydroxyl groups excluding tert-OH is 1. The van der Waals surface area contributed by atoms with Crippen LogP contribution in [0.2, 0.25) is 0 Å². The van der Waals surface area contributed by atoms with E-state index in [2.05, 4.69) is 26.6 Å². The van der Waals surface area contributed by atoms with Gasteiger partial charge < -0.3 is 36.4 Å². The summed E-state index contributed by atoms with van der Waals surface area (Å²) >= 11 is 0. The SMILES string of the molecule is CCCOC(=O)CNC(=O)C(O)C(CCC)NC(=O)[C@@H]1CCCCNC(=O)CCC[C@H](C)C(=O)N[C@@H](C2CCCCC2)C(=O)N1. The van der Waals surface area contributed by atoms with Gasteiger partial charge in [-0.2, -0.15) is 0 Å². The third-order valence-electron chi connectivity index (χ3n) is 8.52. The topological polar surface area (TPSA) is 192 Å². The van der Waals surface area contributed by atoms with Gasteiger partial charge in [0.05, 0.1) is 12.6 Å². The van der Waals surface area contributed by atoms with Crippen molar-refractivity contribution in [1.29, 1.82) is 0 Å². The number of hydrogen-bond donors (Lipinski definition) is 6. The molecule has 2 aliphatic rings. The van der Waals surface area contributed by atoms with Gasteiger partial charge in [-0.15, -0.1) is 0 Å². The molecule has 0 aromatic carbocycles. The molecule has 0 aromatic rings. The lowest BCUT2D eigenvalue weighted by molar-refractivity contribution is -0.145. The Morgan fingerprint density at radius 1 is 0.911 bits per heavy atom. The number of aliphatic hydroxyl groups is 1. The molecule has 5 amide bonds. The standard InChI is InChI=1S/C32H55N5O8/c1-4-12-23(28(40)32(44)34-20-26(39)45-19-5-2)35-30(42)24-16-9-10-18-33-25(38)17-11-13-21(3)29(41)37-27(31(43)36-24)22-14-7-6-8-15-22/h21-24,27-28,40H,4-20H2,1-3H3,(H,33,38)(H,34,44)(H,35,42)(H,36,43)(H,37,41)/t21-,23?,24-,27-,28?/m0/s1. The zero-order valence-corrected chi connectivity index (χ0v) is 27.3. The Labute approximate surface area is 267 Å². The third kappa shape index (κ3) is 13.8. The van der Waals surface area contributed by atoms with Gasteiger partial charge in [0.25, 0.3) is 5.91 Å². The average molecular weight is 638 g/mol. The molecule has 0 bridgehead atoms. The van der Waals surface area contributed by atoms with Crippen molar-refractivity contribution < 1.29 is 38.6 Å². The summed E-state index contributed by atoms with van der Waals surface area (Å²) in [6, 6.07) is -2.78. The van der Waals surface area contributed by atoms with Gasteiger partial charge in [-0.3, -0.25) is 28.8 Å². The van der Waals surface area contributed by atoms with Crippen molar-refractivity contribution in [1.82, 2.24) is 26.6 Å². The maximum Gasteiger partial charge on any atom is 0.325 e. The van der Waals surface area contributed by atoms with E-state index < -0.39 is 54.5 Å². The number of esters is 1. The molecule has 1 saturated heterocycles. The van der Waals surface area contributed by atoms with E-state index in [9.17, 15) is 33.9 Å². The molecule has 0 aromatic heterocycles. The van der Waals surface area contributed by atoms with E-state index in [0.717, 1.165) is 32.1 Å². The van der Waals surface area contributed by atoms with E-state index in [1.165, 1.54) is 0 Å². The molecule has 0 spiro atoms. The summed E-state index contributed by atoms with van der Waals surface area (Å²) in [5, 5.41) is 24.6. The van der Waals surface area contributed by atoms with Gasteiger partial charge in [0.15, 0.2) is 6.10 Å². The first-order valence-electron chi connectivity index (χ1n) is 16.9. The van der Waals surface area contributed by atoms with E-state index in [1.807, 2.05) is 13.8 Å². The number of hydrogen-bond acceptors (Lipinski definition) is 8. The summed E-state index contributed by atoms with van der Waals surface area (Å²) in [5.74, 6) is -3.26. The predicted octanol–water partition coefficient (Wildman–Crippen LogP) is 1.36. The van der Waals surface area contributed by atoms with Crippen LogP contribution < -0.4 is 26.6 Å². The van der Waals surface area contributed by atoms with Crippen LogP contribution >= 0.6 is 0 Å². The van der Waals surface area contributed by atoms with E-state index in [0.29, 0.717) is 51.5 Å². The number of nitrogens with one attached hydrogen (secondary N) is 5. The van der Waals surface area contributed by atoms with Crippen LogP contribution in [0.1, 0.15) is 111 Å². The second kappa shape index (κ2) is 20.7. The molecule has 0 radical (unpaired) electrons. The van der Waals surface area contributed by atoms with Crippen molar-refractivity contribution in [3.05, 3.63) is 0 Å². The minimum Gasteiger partial charge on any atom is -0.464 e. The molecule has 5 atom stereocenters. The van der Waals surface area contributed by atoms with Crippen LogP contribution in [-0.2, 0) is 33.5 Å². The van der Waals surface area contributed by atoms with Gasteiger partial charge >= 0.3 is 5.97 Å². The largest absolute Gasteiger partial charge is 0.464 e. The Hall–Kier alpha value is -3.22. The zero-order chi connectivity index (χ0) is 33.2. The molecule has 45 heavy (non-hydrogen) atoms. The van der Waals surface area contributed by atoms with E-state index in [4.69, 9.17) is 4.74 Å². The van der Waals surface area contributed by atoms with Gasteiger partial charge in [0, 0.05) is 18.9 Å². The molecular weight excluding hydrogens is 582 g/mol. The quantitative estimate of drug-likeness (QED) is 0.183. The van der Waals surface area contributed by atoms with Crippen LogP contribution in [0, 0.1) is 11.8 Å². The highest BCUT2D eigenvalue weighted by molar-refractivity contribution is 5.93. The monoisotopic (exact) mass is 637 g/mol. The molecule has 6 N–H and O–H groups in total. The van der Waals surface area contributed by atoms with E-state index >= 15 is 0 Å². The number of ether oxygens (including phenoxy) is 1. The molecular formula is C32H55N5O8. The second-order valence-electron chi connectivity index (χ2n) is 12.4. The molecule has 1 heterocycles. The summed E-state index contributed by atoms with van der Waals surface area (Å²) in [4.78, 5) is 77.2. The van der Waals surface area contributed by atoms with Gasteiger partial charge in [-0.1, -0.05) is 46.5 Å². The first kappa shape index (κ1) is 38.0. The lowest BCUT2D eigenvalue weighted by atomic mass is 9.83. The Kier molecular flexibility index (Phi) is 17.5. The fourth-order valence-electron chi connectivity index (χ4n) is 5.80. The van der Waals surface area contributed by atoms with Crippen LogP contribution in [0.15, 0.2) is 0 Å². The molecule has 256 valence electrons. The fourth-order valence-corrected chi connectivity index (χ4v) is 5.80. The van der Waals surface area contributed by atoms with Gasteiger partial charge in [-0.05, 0) is 63.7 Å².